The standard InChI is InChI=1S/C15H18N2O3/c1-20-12-4-2-10(3-5-12)11-8-15(14(16)19)7-6-13(18)17(15)9-11/h2-5,11H,6-9H2,1H3,(H2,16,19)/t11-,15-/m0/s1. The predicted octanol–water partition coefficient (Wildman–Crippen LogP) is 1.03. The van der Waals surface area contributed by atoms with E-state index in [1.54, 1.807) is 12.0 Å². The van der Waals surface area contributed by atoms with Gasteiger partial charge in [0, 0.05) is 18.9 Å². The highest BCUT2D eigenvalue weighted by Gasteiger charge is 2.55. The number of fused-ring (bicyclic) bond motifs is 1. The molecule has 5 nitrogen and oxygen atoms in total. The molecule has 2 N–H and O–H groups in total. The number of primary amides is 1. The molecule has 20 heavy (non-hydrogen) atoms. The zero-order chi connectivity index (χ0) is 14.3. The Hall–Kier alpha value is -2.04. The van der Waals surface area contributed by atoms with E-state index in [1.807, 2.05) is 24.3 Å². The summed E-state index contributed by atoms with van der Waals surface area (Å²) in [6, 6.07) is 7.78. The fourth-order valence-electron chi connectivity index (χ4n) is 3.46. The van der Waals surface area contributed by atoms with Crippen molar-refractivity contribution >= 4 is 11.8 Å². The summed E-state index contributed by atoms with van der Waals surface area (Å²) in [5.74, 6) is 0.629. The zero-order valence-corrected chi connectivity index (χ0v) is 11.5. The topological polar surface area (TPSA) is 72.6 Å². The molecule has 3 rings (SSSR count). The minimum Gasteiger partial charge on any atom is -0.497 e. The molecule has 0 aromatic heterocycles. The maximum atomic E-state index is 11.9. The Kier molecular flexibility index (Phi) is 2.92. The van der Waals surface area contributed by atoms with E-state index in [9.17, 15) is 9.59 Å². The van der Waals surface area contributed by atoms with Gasteiger partial charge in [-0.15, -0.1) is 0 Å². The van der Waals surface area contributed by atoms with E-state index in [-0.39, 0.29) is 17.7 Å². The number of carbonyl (C=O) groups is 2. The highest BCUT2D eigenvalue weighted by molar-refractivity contribution is 5.94. The molecule has 0 aliphatic carbocycles. The summed E-state index contributed by atoms with van der Waals surface area (Å²) in [5.41, 5.74) is 5.93. The molecule has 2 atom stereocenters. The number of methoxy groups -OCH3 is 1. The van der Waals surface area contributed by atoms with Gasteiger partial charge >= 0.3 is 0 Å². The fraction of sp³-hybridized carbons (Fsp3) is 0.467. The first-order chi connectivity index (χ1) is 9.56. The Morgan fingerprint density at radius 3 is 2.65 bits per heavy atom. The molecule has 0 radical (unpaired) electrons. The first-order valence-corrected chi connectivity index (χ1v) is 6.81. The molecule has 2 aliphatic heterocycles. The van der Waals surface area contributed by atoms with Gasteiger partial charge in [-0.25, -0.2) is 0 Å². The van der Waals surface area contributed by atoms with E-state index in [1.165, 1.54) is 0 Å². The van der Waals surface area contributed by atoms with Crippen LogP contribution in [0.3, 0.4) is 0 Å². The minimum atomic E-state index is -0.762. The molecule has 5 heteroatoms. The average Bonchev–Trinajstić information content (AvgIpc) is 2.98. The average molecular weight is 274 g/mol. The molecular weight excluding hydrogens is 256 g/mol. The van der Waals surface area contributed by atoms with Crippen LogP contribution in [0.2, 0.25) is 0 Å². The molecule has 2 heterocycles. The van der Waals surface area contributed by atoms with Crippen LogP contribution in [0.25, 0.3) is 0 Å². The molecule has 2 amide bonds. The molecule has 106 valence electrons. The van der Waals surface area contributed by atoms with Gasteiger partial charge in [0.25, 0.3) is 0 Å². The summed E-state index contributed by atoms with van der Waals surface area (Å²) in [5, 5.41) is 0. The Labute approximate surface area is 117 Å². The maximum absolute atomic E-state index is 11.9. The maximum Gasteiger partial charge on any atom is 0.243 e. The van der Waals surface area contributed by atoms with Gasteiger partial charge in [0.05, 0.1) is 7.11 Å². The van der Waals surface area contributed by atoms with Crippen LogP contribution in [-0.2, 0) is 9.59 Å². The third-order valence-corrected chi connectivity index (χ3v) is 4.60. The van der Waals surface area contributed by atoms with E-state index in [2.05, 4.69) is 0 Å². The summed E-state index contributed by atoms with van der Waals surface area (Å²) in [6.07, 6.45) is 1.60. The lowest BCUT2D eigenvalue weighted by Crippen LogP contribution is -2.50. The van der Waals surface area contributed by atoms with Crippen LogP contribution in [0.15, 0.2) is 24.3 Å². The number of carbonyl (C=O) groups excluding carboxylic acids is 2. The van der Waals surface area contributed by atoms with Crippen LogP contribution in [0.5, 0.6) is 5.75 Å². The van der Waals surface area contributed by atoms with Crippen LogP contribution in [0, 0.1) is 0 Å². The number of hydrogen-bond acceptors (Lipinski definition) is 3. The number of hydrogen-bond donors (Lipinski definition) is 1. The number of ether oxygens (including phenoxy) is 1. The zero-order valence-electron chi connectivity index (χ0n) is 11.5. The van der Waals surface area contributed by atoms with Crippen LogP contribution < -0.4 is 10.5 Å². The number of benzene rings is 1. The highest BCUT2D eigenvalue weighted by atomic mass is 16.5. The Morgan fingerprint density at radius 1 is 1.40 bits per heavy atom. The normalized spacial score (nSPS) is 28.6. The number of rotatable bonds is 3. The van der Waals surface area contributed by atoms with E-state index in [0.29, 0.717) is 25.8 Å². The van der Waals surface area contributed by atoms with Crippen molar-refractivity contribution in [1.82, 2.24) is 4.90 Å². The summed E-state index contributed by atoms with van der Waals surface area (Å²) < 4.78 is 5.14. The molecule has 0 spiro atoms. The van der Waals surface area contributed by atoms with Crippen molar-refractivity contribution in [3.05, 3.63) is 29.8 Å². The van der Waals surface area contributed by atoms with Gasteiger partial charge < -0.3 is 15.4 Å². The Balaban J connectivity index is 1.87. The molecule has 2 aliphatic rings. The lowest BCUT2D eigenvalue weighted by molar-refractivity contribution is -0.137. The lowest BCUT2D eigenvalue weighted by atomic mass is 9.86. The third kappa shape index (κ3) is 1.77. The predicted molar refractivity (Wildman–Crippen MR) is 73.2 cm³/mol. The van der Waals surface area contributed by atoms with Crippen LogP contribution in [0.4, 0.5) is 0 Å². The van der Waals surface area contributed by atoms with E-state index in [0.717, 1.165) is 11.3 Å². The fourth-order valence-corrected chi connectivity index (χ4v) is 3.46. The van der Waals surface area contributed by atoms with E-state index < -0.39 is 5.54 Å². The van der Waals surface area contributed by atoms with Gasteiger partial charge in [-0.2, -0.15) is 0 Å². The quantitative estimate of drug-likeness (QED) is 0.894. The van der Waals surface area contributed by atoms with Crippen molar-refractivity contribution in [1.29, 1.82) is 0 Å². The monoisotopic (exact) mass is 274 g/mol. The van der Waals surface area contributed by atoms with Crippen LogP contribution in [-0.4, -0.2) is 35.9 Å². The second-order valence-electron chi connectivity index (χ2n) is 5.57. The molecule has 2 saturated heterocycles. The summed E-state index contributed by atoms with van der Waals surface area (Å²) in [7, 11) is 1.63. The van der Waals surface area contributed by atoms with Crippen molar-refractivity contribution in [2.75, 3.05) is 13.7 Å². The van der Waals surface area contributed by atoms with Gasteiger partial charge in [-0.05, 0) is 30.5 Å². The van der Waals surface area contributed by atoms with Crippen LogP contribution in [0.1, 0.15) is 30.7 Å². The van der Waals surface area contributed by atoms with Gasteiger partial charge in [-0.1, -0.05) is 12.1 Å². The first-order valence-electron chi connectivity index (χ1n) is 6.81. The van der Waals surface area contributed by atoms with Gasteiger partial charge in [0.2, 0.25) is 11.8 Å². The molecule has 0 saturated carbocycles. The lowest BCUT2D eigenvalue weighted by Gasteiger charge is -2.27. The van der Waals surface area contributed by atoms with Crippen molar-refractivity contribution < 1.29 is 14.3 Å². The second kappa shape index (κ2) is 4.51. The molecule has 2 fully saturated rings. The third-order valence-electron chi connectivity index (χ3n) is 4.60. The van der Waals surface area contributed by atoms with E-state index >= 15 is 0 Å². The molecule has 0 bridgehead atoms. The summed E-state index contributed by atoms with van der Waals surface area (Å²) in [6.45, 7) is 0.577. The Bertz CT molecular complexity index is 555. The molecular formula is C15H18N2O3. The van der Waals surface area contributed by atoms with E-state index in [4.69, 9.17) is 10.5 Å². The van der Waals surface area contributed by atoms with Crippen molar-refractivity contribution in [2.24, 2.45) is 5.73 Å². The Morgan fingerprint density at radius 2 is 2.10 bits per heavy atom. The second-order valence-corrected chi connectivity index (χ2v) is 5.57. The smallest absolute Gasteiger partial charge is 0.243 e. The van der Waals surface area contributed by atoms with Crippen molar-refractivity contribution in [2.45, 2.75) is 30.7 Å². The number of amides is 2. The van der Waals surface area contributed by atoms with Gasteiger partial charge in [0.1, 0.15) is 11.3 Å². The summed E-state index contributed by atoms with van der Waals surface area (Å²) >= 11 is 0. The molecule has 1 aromatic carbocycles. The molecule has 0 unspecified atom stereocenters. The van der Waals surface area contributed by atoms with Crippen LogP contribution >= 0.6 is 0 Å². The first kappa shape index (κ1) is 13.0. The van der Waals surface area contributed by atoms with Gasteiger partial charge in [0.15, 0.2) is 0 Å². The van der Waals surface area contributed by atoms with Crippen molar-refractivity contribution in [3.8, 4) is 5.75 Å². The minimum absolute atomic E-state index is 0.0415. The largest absolute Gasteiger partial charge is 0.497 e. The highest BCUT2D eigenvalue weighted by Crippen LogP contribution is 2.45. The number of nitrogens with two attached hydrogens (primary N) is 1. The van der Waals surface area contributed by atoms with Crippen molar-refractivity contribution in [3.63, 3.8) is 0 Å². The SMILES string of the molecule is COc1ccc([C@@H]2CN3C(=O)CC[C@@]3(C(N)=O)C2)cc1. The van der Waals surface area contributed by atoms with Gasteiger partial charge in [-0.3, -0.25) is 9.59 Å². The number of nitrogens with zero attached hydrogens (tertiary/aromatic N) is 1. The summed E-state index contributed by atoms with van der Waals surface area (Å²) in [4.78, 5) is 25.5. The molecule has 1 aromatic rings.